The molecule has 55 heavy (non-hydrogen) atoms. The molecule has 4 heterocycles. The Balaban J connectivity index is 1.03. The molecular weight excluding hydrogens is 693 g/mol. The number of rotatable bonds is 5. The molecule has 4 nitrogen and oxygen atoms in total. The van der Waals surface area contributed by atoms with Crippen LogP contribution >= 0.6 is 11.3 Å². The Hall–Kier alpha value is -7.08. The highest BCUT2D eigenvalue weighted by Gasteiger charge is 2.22. The fourth-order valence-electron chi connectivity index (χ4n) is 8.49. The average Bonchev–Trinajstić information content (AvgIpc) is 3.99. The van der Waals surface area contributed by atoms with Crippen molar-refractivity contribution in [2.24, 2.45) is 0 Å². The number of aromatic nitrogens is 1. The fourth-order valence-corrected chi connectivity index (χ4v) is 9.74. The molecule has 12 aromatic rings. The first-order valence-electron chi connectivity index (χ1n) is 18.5. The van der Waals surface area contributed by atoms with Crippen molar-refractivity contribution in [1.82, 2.24) is 4.57 Å². The zero-order valence-electron chi connectivity index (χ0n) is 29.4. The average molecular weight is 723 g/mol. The number of hydrogen-bond donors (Lipinski definition) is 0. The summed E-state index contributed by atoms with van der Waals surface area (Å²) in [6, 6.07) is 64.6. The summed E-state index contributed by atoms with van der Waals surface area (Å²) in [5, 5.41) is 8.29. The van der Waals surface area contributed by atoms with Gasteiger partial charge < -0.3 is 18.3 Å². The summed E-state index contributed by atoms with van der Waals surface area (Å²) in [7, 11) is 0. The van der Waals surface area contributed by atoms with Crippen LogP contribution in [0.5, 0.6) is 0 Å². The molecule has 0 saturated carbocycles. The smallest absolute Gasteiger partial charge is 0.159 e. The van der Waals surface area contributed by atoms with Crippen LogP contribution in [-0.2, 0) is 0 Å². The van der Waals surface area contributed by atoms with Crippen LogP contribution in [0.1, 0.15) is 0 Å². The second-order valence-corrected chi connectivity index (χ2v) is 15.1. The van der Waals surface area contributed by atoms with Crippen molar-refractivity contribution in [1.29, 1.82) is 0 Å². The molecule has 0 saturated heterocycles. The van der Waals surface area contributed by atoms with Gasteiger partial charge in [-0.2, -0.15) is 0 Å². The molecule has 0 atom stereocenters. The van der Waals surface area contributed by atoms with E-state index in [2.05, 4.69) is 167 Å². The molecule has 0 fully saturated rings. The Morgan fingerprint density at radius 3 is 1.91 bits per heavy atom. The highest BCUT2D eigenvalue weighted by molar-refractivity contribution is 7.25. The molecule has 0 N–H and O–H groups in total. The lowest BCUT2D eigenvalue weighted by atomic mass is 10.0. The molecule has 0 radical (unpaired) electrons. The lowest BCUT2D eigenvalue weighted by molar-refractivity contribution is 0.667. The van der Waals surface area contributed by atoms with E-state index in [1.807, 2.05) is 35.6 Å². The quantitative estimate of drug-likeness (QED) is 0.177. The summed E-state index contributed by atoms with van der Waals surface area (Å²) in [6.07, 6.45) is 0. The van der Waals surface area contributed by atoms with E-state index in [0.717, 1.165) is 66.5 Å². The normalized spacial score (nSPS) is 12.0. The van der Waals surface area contributed by atoms with Crippen LogP contribution in [-0.4, -0.2) is 4.57 Å². The molecular formula is C50H30N2O2S. The molecule has 12 rings (SSSR count). The van der Waals surface area contributed by atoms with Gasteiger partial charge in [0.15, 0.2) is 5.58 Å². The molecule has 4 aromatic heterocycles. The Bertz CT molecular complexity index is 3440. The maximum atomic E-state index is 6.60. The number of anilines is 3. The lowest BCUT2D eigenvalue weighted by Gasteiger charge is -2.25. The van der Waals surface area contributed by atoms with Crippen LogP contribution < -0.4 is 4.90 Å². The van der Waals surface area contributed by atoms with Gasteiger partial charge in [-0.15, -0.1) is 11.3 Å². The van der Waals surface area contributed by atoms with E-state index < -0.39 is 0 Å². The zero-order valence-corrected chi connectivity index (χ0v) is 30.3. The largest absolute Gasteiger partial charge is 0.456 e. The van der Waals surface area contributed by atoms with Gasteiger partial charge in [0, 0.05) is 59.8 Å². The van der Waals surface area contributed by atoms with E-state index in [1.54, 1.807) is 0 Å². The van der Waals surface area contributed by atoms with Crippen LogP contribution in [0.2, 0.25) is 0 Å². The van der Waals surface area contributed by atoms with Crippen LogP contribution in [0.4, 0.5) is 17.1 Å². The summed E-state index contributed by atoms with van der Waals surface area (Å²) in [5.74, 6) is 0. The topological polar surface area (TPSA) is 34.5 Å². The van der Waals surface area contributed by atoms with Gasteiger partial charge in [0.1, 0.15) is 21.6 Å². The number of thiophene rings is 1. The van der Waals surface area contributed by atoms with E-state index >= 15 is 0 Å². The Morgan fingerprint density at radius 1 is 0.436 bits per heavy atom. The number of hydrogen-bond acceptors (Lipinski definition) is 4. The van der Waals surface area contributed by atoms with Crippen molar-refractivity contribution in [3.8, 4) is 16.8 Å². The van der Waals surface area contributed by atoms with Crippen molar-refractivity contribution in [2.45, 2.75) is 0 Å². The first-order valence-corrected chi connectivity index (χ1v) is 19.3. The maximum absolute atomic E-state index is 6.60. The van der Waals surface area contributed by atoms with Gasteiger partial charge in [-0.05, 0) is 77.9 Å². The van der Waals surface area contributed by atoms with Crippen LogP contribution in [0.3, 0.4) is 0 Å². The first kappa shape index (κ1) is 30.4. The van der Waals surface area contributed by atoms with Crippen LogP contribution in [0.15, 0.2) is 191 Å². The van der Waals surface area contributed by atoms with Gasteiger partial charge in [-0.25, -0.2) is 0 Å². The van der Waals surface area contributed by atoms with Crippen LogP contribution in [0.25, 0.3) is 91.9 Å². The summed E-state index contributed by atoms with van der Waals surface area (Å²) < 4.78 is 16.7. The minimum Gasteiger partial charge on any atom is -0.456 e. The summed E-state index contributed by atoms with van der Waals surface area (Å²) in [5.41, 5.74) is 11.1. The standard InChI is InChI=1S/C50H30N2O2S/c1-2-11-33(12-3-1)52-43-29-32(23-27-40(43)48-41-15-6-9-20-47(41)55-50(48)52)31-21-24-34(25-22-31)51(35-26-28-38-36-13-4-7-18-44(36)53-46(38)30-35)42-17-10-16-39-37-14-5-8-19-45(37)54-49(39)42/h1-30H. The van der Waals surface area contributed by atoms with E-state index in [0.29, 0.717) is 0 Å². The predicted molar refractivity (Wildman–Crippen MR) is 231 cm³/mol. The Kier molecular flexibility index (Phi) is 6.47. The van der Waals surface area contributed by atoms with Gasteiger partial charge >= 0.3 is 0 Å². The van der Waals surface area contributed by atoms with E-state index in [1.165, 1.54) is 42.5 Å². The van der Waals surface area contributed by atoms with E-state index in [4.69, 9.17) is 8.83 Å². The highest BCUT2D eigenvalue weighted by atomic mass is 32.1. The van der Waals surface area contributed by atoms with E-state index in [9.17, 15) is 0 Å². The molecule has 0 spiro atoms. The van der Waals surface area contributed by atoms with Gasteiger partial charge in [-0.1, -0.05) is 109 Å². The van der Waals surface area contributed by atoms with Crippen molar-refractivity contribution in [3.63, 3.8) is 0 Å². The van der Waals surface area contributed by atoms with E-state index in [-0.39, 0.29) is 0 Å². The van der Waals surface area contributed by atoms with Gasteiger partial charge in [0.25, 0.3) is 0 Å². The SMILES string of the molecule is c1ccc(-n2c3cc(-c4ccc(N(c5ccc6c(c5)oc5ccccc56)c5cccc6c5oc5ccccc56)cc4)ccc3c3c4ccccc4sc32)cc1. The molecule has 0 aliphatic carbocycles. The second kappa shape index (κ2) is 11.7. The third kappa shape index (κ3) is 4.57. The van der Waals surface area contributed by atoms with Gasteiger partial charge in [0.05, 0.1) is 16.9 Å². The van der Waals surface area contributed by atoms with Crippen molar-refractivity contribution in [3.05, 3.63) is 182 Å². The Labute approximate surface area is 319 Å². The number of benzene rings is 8. The number of furan rings is 2. The molecule has 0 aliphatic heterocycles. The van der Waals surface area contributed by atoms with Crippen molar-refractivity contribution >= 4 is 103 Å². The van der Waals surface area contributed by atoms with Gasteiger partial charge in [-0.3, -0.25) is 0 Å². The number of fused-ring (bicyclic) bond motifs is 11. The third-order valence-electron chi connectivity index (χ3n) is 11.0. The molecule has 0 aliphatic rings. The number of nitrogens with zero attached hydrogens (tertiary/aromatic N) is 2. The van der Waals surface area contributed by atoms with Gasteiger partial charge in [0.2, 0.25) is 0 Å². The fraction of sp³-hybridized carbons (Fsp3) is 0. The first-order chi connectivity index (χ1) is 27.3. The summed E-state index contributed by atoms with van der Waals surface area (Å²) in [4.78, 5) is 3.55. The molecule has 0 amide bonds. The van der Waals surface area contributed by atoms with Crippen LogP contribution in [0, 0.1) is 0 Å². The lowest BCUT2D eigenvalue weighted by Crippen LogP contribution is -2.10. The zero-order chi connectivity index (χ0) is 36.0. The Morgan fingerprint density at radius 2 is 1.07 bits per heavy atom. The monoisotopic (exact) mass is 722 g/mol. The molecule has 5 heteroatoms. The van der Waals surface area contributed by atoms with Crippen molar-refractivity contribution < 1.29 is 8.83 Å². The summed E-state index contributed by atoms with van der Waals surface area (Å²) in [6.45, 7) is 0. The minimum atomic E-state index is 0.845. The predicted octanol–water partition coefficient (Wildman–Crippen LogP) is 14.9. The maximum Gasteiger partial charge on any atom is 0.159 e. The third-order valence-corrected chi connectivity index (χ3v) is 12.2. The molecule has 0 bridgehead atoms. The molecule has 8 aromatic carbocycles. The van der Waals surface area contributed by atoms with Crippen molar-refractivity contribution in [2.75, 3.05) is 4.90 Å². The molecule has 258 valence electrons. The minimum absolute atomic E-state index is 0.845. The number of para-hydroxylation sites is 4. The molecule has 0 unspecified atom stereocenters. The highest BCUT2D eigenvalue weighted by Crippen LogP contribution is 2.46. The second-order valence-electron chi connectivity index (χ2n) is 14.1. The summed E-state index contributed by atoms with van der Waals surface area (Å²) >= 11 is 1.86.